The maximum absolute atomic E-state index is 12.5. The van der Waals surface area contributed by atoms with Gasteiger partial charge in [-0.05, 0) is 37.8 Å². The number of ether oxygens (including phenoxy) is 1. The van der Waals surface area contributed by atoms with Gasteiger partial charge in [-0.3, -0.25) is 14.9 Å². The molecule has 2 aliphatic rings. The fourth-order valence-corrected chi connectivity index (χ4v) is 3.73. The number of aromatic nitrogens is 2. The molecule has 10 heteroatoms. The standard InChI is InChI=1S/C19H23N5O5/c25-19(15-6-9-18(29-15)24(26)27)23-12-10-22(11-13-23)16-7-8-17(21-20-16)28-14-4-2-1-3-5-14/h6-9,14H,1-5,10-13H2. The average molecular weight is 401 g/mol. The molecule has 4 rings (SSSR count). The Morgan fingerprint density at radius 2 is 1.83 bits per heavy atom. The lowest BCUT2D eigenvalue weighted by Crippen LogP contribution is -2.49. The molecule has 10 nitrogen and oxygen atoms in total. The van der Waals surface area contributed by atoms with Gasteiger partial charge < -0.3 is 19.0 Å². The van der Waals surface area contributed by atoms with E-state index in [9.17, 15) is 14.9 Å². The molecule has 0 spiro atoms. The fourth-order valence-electron chi connectivity index (χ4n) is 3.73. The normalized spacial score (nSPS) is 17.9. The van der Waals surface area contributed by atoms with E-state index in [0.29, 0.717) is 32.1 Å². The van der Waals surface area contributed by atoms with Gasteiger partial charge in [0.1, 0.15) is 11.0 Å². The van der Waals surface area contributed by atoms with E-state index in [4.69, 9.17) is 9.15 Å². The van der Waals surface area contributed by atoms with Gasteiger partial charge >= 0.3 is 5.88 Å². The van der Waals surface area contributed by atoms with E-state index in [2.05, 4.69) is 10.2 Å². The maximum Gasteiger partial charge on any atom is 0.433 e. The molecule has 3 heterocycles. The van der Waals surface area contributed by atoms with Crippen molar-refractivity contribution in [3.8, 4) is 5.88 Å². The second kappa shape index (κ2) is 8.46. The number of anilines is 1. The Bertz CT molecular complexity index is 854. The lowest BCUT2D eigenvalue weighted by molar-refractivity contribution is -0.402. The van der Waals surface area contributed by atoms with Gasteiger partial charge in [-0.2, -0.15) is 0 Å². The number of nitrogens with zero attached hydrogens (tertiary/aromatic N) is 5. The molecule has 0 unspecified atom stereocenters. The van der Waals surface area contributed by atoms with E-state index in [1.165, 1.54) is 31.4 Å². The van der Waals surface area contributed by atoms with E-state index in [1.807, 2.05) is 17.0 Å². The van der Waals surface area contributed by atoms with Crippen LogP contribution < -0.4 is 9.64 Å². The minimum atomic E-state index is -0.658. The summed E-state index contributed by atoms with van der Waals surface area (Å²) in [7, 11) is 0. The molecule has 0 radical (unpaired) electrons. The van der Waals surface area contributed by atoms with Crippen LogP contribution in [0.1, 0.15) is 42.7 Å². The highest BCUT2D eigenvalue weighted by Crippen LogP contribution is 2.23. The van der Waals surface area contributed by atoms with E-state index < -0.39 is 10.8 Å². The molecular formula is C19H23N5O5. The fraction of sp³-hybridized carbons (Fsp3) is 0.526. The molecule has 1 saturated carbocycles. The molecule has 154 valence electrons. The summed E-state index contributed by atoms with van der Waals surface area (Å²) >= 11 is 0. The number of furan rings is 1. The Kier molecular flexibility index (Phi) is 5.59. The maximum atomic E-state index is 12.5. The highest BCUT2D eigenvalue weighted by Gasteiger charge is 2.26. The lowest BCUT2D eigenvalue weighted by Gasteiger charge is -2.34. The molecule has 0 N–H and O–H groups in total. The van der Waals surface area contributed by atoms with Crippen LogP contribution in [0.15, 0.2) is 28.7 Å². The number of carbonyl (C=O) groups excluding carboxylic acids is 1. The second-order valence-corrected chi connectivity index (χ2v) is 7.28. The van der Waals surface area contributed by atoms with E-state index in [1.54, 1.807) is 4.90 Å². The van der Waals surface area contributed by atoms with Crippen molar-refractivity contribution in [2.45, 2.75) is 38.2 Å². The van der Waals surface area contributed by atoms with Crippen LogP contribution in [0.4, 0.5) is 11.7 Å². The largest absolute Gasteiger partial charge is 0.473 e. The van der Waals surface area contributed by atoms with Gasteiger partial charge in [0.15, 0.2) is 11.6 Å². The number of carbonyl (C=O) groups is 1. The molecule has 1 saturated heterocycles. The molecule has 1 aliphatic carbocycles. The predicted molar refractivity (Wildman–Crippen MR) is 103 cm³/mol. The summed E-state index contributed by atoms with van der Waals surface area (Å²) in [5.41, 5.74) is 0. The number of rotatable bonds is 5. The van der Waals surface area contributed by atoms with Crippen LogP contribution in [0.2, 0.25) is 0 Å². The zero-order chi connectivity index (χ0) is 20.2. The van der Waals surface area contributed by atoms with Gasteiger partial charge in [0.05, 0.1) is 6.07 Å². The first-order valence-corrected chi connectivity index (χ1v) is 9.89. The highest BCUT2D eigenvalue weighted by molar-refractivity contribution is 5.92. The highest BCUT2D eigenvalue weighted by atomic mass is 16.6. The van der Waals surface area contributed by atoms with Crippen molar-refractivity contribution in [3.05, 3.63) is 40.1 Å². The van der Waals surface area contributed by atoms with Crippen molar-refractivity contribution in [2.24, 2.45) is 0 Å². The Balaban J connectivity index is 1.30. The third-order valence-corrected chi connectivity index (χ3v) is 5.34. The van der Waals surface area contributed by atoms with Crippen molar-refractivity contribution in [2.75, 3.05) is 31.1 Å². The number of nitro groups is 1. The number of hydrogen-bond donors (Lipinski definition) is 0. The second-order valence-electron chi connectivity index (χ2n) is 7.28. The minimum absolute atomic E-state index is 0.0193. The molecule has 0 aromatic carbocycles. The smallest absolute Gasteiger partial charge is 0.433 e. The molecule has 2 aromatic rings. The number of amides is 1. The summed E-state index contributed by atoms with van der Waals surface area (Å²) < 4.78 is 10.9. The van der Waals surface area contributed by atoms with Gasteiger partial charge in [0, 0.05) is 32.2 Å². The molecule has 2 aromatic heterocycles. The zero-order valence-electron chi connectivity index (χ0n) is 16.0. The predicted octanol–water partition coefficient (Wildman–Crippen LogP) is 2.65. The third-order valence-electron chi connectivity index (χ3n) is 5.34. The molecule has 1 aliphatic heterocycles. The monoisotopic (exact) mass is 401 g/mol. The first kappa shape index (κ1) is 19.2. The summed E-state index contributed by atoms with van der Waals surface area (Å²) in [5.74, 6) is 0.489. The summed E-state index contributed by atoms with van der Waals surface area (Å²) in [6, 6.07) is 6.26. The number of hydrogen-bond acceptors (Lipinski definition) is 8. The van der Waals surface area contributed by atoms with E-state index >= 15 is 0 Å². The minimum Gasteiger partial charge on any atom is -0.473 e. The topological polar surface area (TPSA) is 115 Å². The van der Waals surface area contributed by atoms with Crippen molar-refractivity contribution < 1.29 is 18.9 Å². The Labute approximate surface area is 167 Å². The third kappa shape index (κ3) is 4.47. The first-order valence-electron chi connectivity index (χ1n) is 9.89. The summed E-state index contributed by atoms with van der Waals surface area (Å²) in [6.07, 6.45) is 6.04. The van der Waals surface area contributed by atoms with Gasteiger partial charge in [0.2, 0.25) is 5.88 Å². The molecule has 0 atom stereocenters. The zero-order valence-corrected chi connectivity index (χ0v) is 16.0. The van der Waals surface area contributed by atoms with Gasteiger partial charge in [-0.15, -0.1) is 10.2 Å². The van der Waals surface area contributed by atoms with Crippen LogP contribution in [-0.4, -0.2) is 58.2 Å². The Hall–Kier alpha value is -3.17. The van der Waals surface area contributed by atoms with Gasteiger partial charge in [-0.1, -0.05) is 6.42 Å². The van der Waals surface area contributed by atoms with Crippen LogP contribution in [0.25, 0.3) is 0 Å². The molecule has 2 fully saturated rings. The summed E-state index contributed by atoms with van der Waals surface area (Å²) in [6.45, 7) is 2.11. The summed E-state index contributed by atoms with van der Waals surface area (Å²) in [4.78, 5) is 26.2. The van der Waals surface area contributed by atoms with Crippen LogP contribution in [0.3, 0.4) is 0 Å². The van der Waals surface area contributed by atoms with Crippen molar-refractivity contribution in [1.29, 1.82) is 0 Å². The summed E-state index contributed by atoms with van der Waals surface area (Å²) in [5, 5.41) is 19.2. The van der Waals surface area contributed by atoms with E-state index in [0.717, 1.165) is 18.7 Å². The first-order chi connectivity index (χ1) is 14.1. The van der Waals surface area contributed by atoms with Crippen LogP contribution in [0, 0.1) is 10.1 Å². The van der Waals surface area contributed by atoms with Crippen molar-refractivity contribution in [1.82, 2.24) is 15.1 Å². The van der Waals surface area contributed by atoms with Crippen LogP contribution in [0.5, 0.6) is 5.88 Å². The molecule has 0 bridgehead atoms. The number of piperazine rings is 1. The van der Waals surface area contributed by atoms with Crippen molar-refractivity contribution in [3.63, 3.8) is 0 Å². The average Bonchev–Trinajstić information content (AvgIpc) is 3.25. The Morgan fingerprint density at radius 3 is 2.45 bits per heavy atom. The Morgan fingerprint density at radius 1 is 1.07 bits per heavy atom. The molecular weight excluding hydrogens is 378 g/mol. The SMILES string of the molecule is O=C(c1ccc([N+](=O)[O-])o1)N1CCN(c2ccc(OC3CCCCC3)nn2)CC1. The van der Waals surface area contributed by atoms with Gasteiger partial charge in [-0.25, -0.2) is 0 Å². The quantitative estimate of drug-likeness (QED) is 0.555. The van der Waals surface area contributed by atoms with Crippen LogP contribution in [-0.2, 0) is 0 Å². The lowest BCUT2D eigenvalue weighted by atomic mass is 9.98. The van der Waals surface area contributed by atoms with E-state index in [-0.39, 0.29) is 17.8 Å². The molecule has 1 amide bonds. The van der Waals surface area contributed by atoms with Gasteiger partial charge in [0.25, 0.3) is 5.91 Å². The van der Waals surface area contributed by atoms with Crippen molar-refractivity contribution >= 4 is 17.6 Å². The molecule has 29 heavy (non-hydrogen) atoms. The van der Waals surface area contributed by atoms with Crippen LogP contribution >= 0.6 is 0 Å².